The van der Waals surface area contributed by atoms with Crippen LogP contribution in [0.15, 0.2) is 72.8 Å². The van der Waals surface area contributed by atoms with Crippen LogP contribution in [-0.4, -0.2) is 34.7 Å². The molecule has 5 heteroatoms. The second-order valence-corrected chi connectivity index (χ2v) is 9.36. The van der Waals surface area contributed by atoms with Crippen LogP contribution in [0, 0.1) is 5.92 Å². The molecule has 2 amide bonds. The molecule has 0 bridgehead atoms. The molecule has 1 aliphatic carbocycles. The Morgan fingerprint density at radius 2 is 1.64 bits per heavy atom. The maximum absolute atomic E-state index is 13.1. The Balaban J connectivity index is 1.19. The normalized spacial score (nSPS) is 19.3. The Kier molecular flexibility index (Phi) is 4.90. The lowest BCUT2D eigenvalue weighted by Gasteiger charge is -2.29. The highest BCUT2D eigenvalue weighted by Crippen LogP contribution is 2.39. The van der Waals surface area contributed by atoms with E-state index in [0.29, 0.717) is 18.0 Å². The van der Waals surface area contributed by atoms with Gasteiger partial charge in [0.25, 0.3) is 11.8 Å². The van der Waals surface area contributed by atoms with E-state index < -0.39 is 0 Å². The fraction of sp³-hybridized carbons (Fsp3) is 0.286. The van der Waals surface area contributed by atoms with Crippen LogP contribution >= 0.6 is 0 Å². The monoisotopic (exact) mass is 437 g/mol. The van der Waals surface area contributed by atoms with Gasteiger partial charge in [0, 0.05) is 42.0 Å². The maximum Gasteiger partial charge on any atom is 0.256 e. The standard InChI is InChI=1S/C28H27N3O2/c32-27(30-16-15-20-5-1-2-6-22(20)18-30)21-11-13-23(14-12-21)29-26-24-7-3-4-8-25(24)28(33)31(26)17-19-9-10-19/h1-8,11-14,19,26,29H,9-10,15-18H2. The highest BCUT2D eigenvalue weighted by atomic mass is 16.2. The smallest absolute Gasteiger partial charge is 0.256 e. The molecule has 5 nitrogen and oxygen atoms in total. The molecule has 0 radical (unpaired) electrons. The number of anilines is 1. The number of carbonyl (C=O) groups is 2. The lowest BCUT2D eigenvalue weighted by molar-refractivity contribution is 0.0728. The van der Waals surface area contributed by atoms with Gasteiger partial charge in [-0.1, -0.05) is 42.5 Å². The van der Waals surface area contributed by atoms with Crippen LogP contribution in [0.25, 0.3) is 0 Å². The first-order valence-electron chi connectivity index (χ1n) is 11.8. The van der Waals surface area contributed by atoms with Crippen LogP contribution in [0.4, 0.5) is 5.69 Å². The van der Waals surface area contributed by atoms with Crippen LogP contribution in [-0.2, 0) is 13.0 Å². The third kappa shape index (κ3) is 3.78. The molecule has 1 N–H and O–H groups in total. The van der Waals surface area contributed by atoms with E-state index in [1.165, 1.54) is 24.0 Å². The van der Waals surface area contributed by atoms with Crippen LogP contribution in [0.1, 0.15) is 56.4 Å². The molecule has 2 heterocycles. The van der Waals surface area contributed by atoms with E-state index in [1.54, 1.807) is 0 Å². The molecule has 1 saturated carbocycles. The largest absolute Gasteiger partial charge is 0.361 e. The summed E-state index contributed by atoms with van der Waals surface area (Å²) in [4.78, 5) is 30.0. The summed E-state index contributed by atoms with van der Waals surface area (Å²) in [6.07, 6.45) is 3.12. The molecular formula is C28H27N3O2. The van der Waals surface area contributed by atoms with Gasteiger partial charge in [-0.25, -0.2) is 0 Å². The number of rotatable bonds is 5. The van der Waals surface area contributed by atoms with Crippen molar-refractivity contribution in [3.05, 3.63) is 101 Å². The summed E-state index contributed by atoms with van der Waals surface area (Å²) >= 11 is 0. The molecule has 2 aliphatic heterocycles. The highest BCUT2D eigenvalue weighted by Gasteiger charge is 2.39. The zero-order valence-corrected chi connectivity index (χ0v) is 18.5. The van der Waals surface area contributed by atoms with E-state index in [2.05, 4.69) is 23.5 Å². The van der Waals surface area contributed by atoms with E-state index in [1.807, 2.05) is 64.4 Å². The van der Waals surface area contributed by atoms with Crippen molar-refractivity contribution in [2.24, 2.45) is 5.92 Å². The molecule has 3 aromatic rings. The second-order valence-electron chi connectivity index (χ2n) is 9.36. The van der Waals surface area contributed by atoms with Gasteiger partial charge in [0.05, 0.1) is 0 Å². The number of amides is 2. The SMILES string of the molecule is O=C(c1ccc(NC2c3ccccc3C(=O)N2CC2CC2)cc1)N1CCc2ccccc2C1. The van der Waals surface area contributed by atoms with Crippen molar-refractivity contribution in [1.82, 2.24) is 9.80 Å². The number of carbonyl (C=O) groups excluding carboxylic acids is 2. The van der Waals surface area contributed by atoms with Crippen LogP contribution in [0.3, 0.4) is 0 Å². The summed E-state index contributed by atoms with van der Waals surface area (Å²) in [6, 6.07) is 23.9. The average molecular weight is 438 g/mol. The fourth-order valence-corrected chi connectivity index (χ4v) is 5.01. The molecule has 1 fully saturated rings. The molecule has 33 heavy (non-hydrogen) atoms. The Hall–Kier alpha value is -3.60. The van der Waals surface area contributed by atoms with Crippen molar-refractivity contribution in [3.63, 3.8) is 0 Å². The quantitative estimate of drug-likeness (QED) is 0.620. The fourth-order valence-electron chi connectivity index (χ4n) is 5.01. The van der Waals surface area contributed by atoms with Crippen LogP contribution in [0.5, 0.6) is 0 Å². The Morgan fingerprint density at radius 1 is 0.909 bits per heavy atom. The molecule has 0 aromatic heterocycles. The van der Waals surface area contributed by atoms with Gasteiger partial charge >= 0.3 is 0 Å². The van der Waals surface area contributed by atoms with Crippen molar-refractivity contribution in [2.75, 3.05) is 18.4 Å². The van der Waals surface area contributed by atoms with Gasteiger partial charge in [0.15, 0.2) is 0 Å². The number of nitrogens with one attached hydrogen (secondary N) is 1. The van der Waals surface area contributed by atoms with E-state index in [9.17, 15) is 9.59 Å². The van der Waals surface area contributed by atoms with E-state index in [0.717, 1.165) is 36.3 Å². The summed E-state index contributed by atoms with van der Waals surface area (Å²) < 4.78 is 0. The van der Waals surface area contributed by atoms with Gasteiger partial charge < -0.3 is 15.1 Å². The van der Waals surface area contributed by atoms with Crippen molar-refractivity contribution in [3.8, 4) is 0 Å². The van der Waals surface area contributed by atoms with Crippen LogP contribution in [0.2, 0.25) is 0 Å². The Labute approximate surface area is 194 Å². The third-order valence-electron chi connectivity index (χ3n) is 7.06. The van der Waals surface area contributed by atoms with Gasteiger partial charge in [-0.2, -0.15) is 0 Å². The van der Waals surface area contributed by atoms with Gasteiger partial charge in [0.2, 0.25) is 0 Å². The predicted octanol–water partition coefficient (Wildman–Crippen LogP) is 4.86. The summed E-state index contributed by atoms with van der Waals surface area (Å²) in [5.74, 6) is 0.780. The molecule has 3 aliphatic rings. The van der Waals surface area contributed by atoms with E-state index >= 15 is 0 Å². The average Bonchev–Trinajstić information content (AvgIpc) is 3.65. The van der Waals surface area contributed by atoms with Crippen molar-refractivity contribution in [2.45, 2.75) is 32.0 Å². The molecule has 0 spiro atoms. The topological polar surface area (TPSA) is 52.7 Å². The number of fused-ring (bicyclic) bond motifs is 2. The van der Waals surface area contributed by atoms with Gasteiger partial charge in [0.1, 0.15) is 6.17 Å². The molecule has 0 saturated heterocycles. The lowest BCUT2D eigenvalue weighted by atomic mass is 9.99. The van der Waals surface area contributed by atoms with E-state index in [4.69, 9.17) is 0 Å². The first-order valence-corrected chi connectivity index (χ1v) is 11.8. The number of hydrogen-bond donors (Lipinski definition) is 1. The van der Waals surface area contributed by atoms with Crippen molar-refractivity contribution < 1.29 is 9.59 Å². The Morgan fingerprint density at radius 3 is 2.42 bits per heavy atom. The number of hydrogen-bond acceptors (Lipinski definition) is 3. The van der Waals surface area contributed by atoms with E-state index in [-0.39, 0.29) is 18.0 Å². The minimum atomic E-state index is -0.172. The summed E-state index contributed by atoms with van der Waals surface area (Å²) in [7, 11) is 0. The maximum atomic E-state index is 13.1. The summed E-state index contributed by atoms with van der Waals surface area (Å²) in [5.41, 5.74) is 5.98. The molecular weight excluding hydrogens is 410 g/mol. The lowest BCUT2D eigenvalue weighted by Crippen LogP contribution is -2.36. The van der Waals surface area contributed by atoms with Gasteiger partial charge in [-0.05, 0) is 66.6 Å². The minimum absolute atomic E-state index is 0.0628. The number of nitrogens with zero attached hydrogens (tertiary/aromatic N) is 2. The molecule has 166 valence electrons. The summed E-state index contributed by atoms with van der Waals surface area (Å²) in [5, 5.41) is 3.55. The van der Waals surface area contributed by atoms with Crippen molar-refractivity contribution >= 4 is 17.5 Å². The highest BCUT2D eigenvalue weighted by molar-refractivity contribution is 5.99. The predicted molar refractivity (Wildman–Crippen MR) is 128 cm³/mol. The zero-order valence-electron chi connectivity index (χ0n) is 18.5. The summed E-state index contributed by atoms with van der Waals surface area (Å²) in [6.45, 7) is 2.19. The first-order chi connectivity index (χ1) is 16.2. The molecule has 1 atom stereocenters. The van der Waals surface area contributed by atoms with Gasteiger partial charge in [-0.3, -0.25) is 9.59 Å². The van der Waals surface area contributed by atoms with Gasteiger partial charge in [-0.15, -0.1) is 0 Å². The molecule has 1 unspecified atom stereocenters. The van der Waals surface area contributed by atoms with Crippen molar-refractivity contribution in [1.29, 1.82) is 0 Å². The van der Waals surface area contributed by atoms with Crippen LogP contribution < -0.4 is 5.32 Å². The first kappa shape index (κ1) is 20.0. The molecule has 3 aromatic carbocycles. The molecule has 6 rings (SSSR count). The third-order valence-corrected chi connectivity index (χ3v) is 7.06. The minimum Gasteiger partial charge on any atom is -0.361 e. The number of benzene rings is 3. The zero-order chi connectivity index (χ0) is 22.4. The Bertz CT molecular complexity index is 1220. The second kappa shape index (κ2) is 8.07.